The number of carbonyl (C=O) groups excluding carboxylic acids is 1. The first-order valence-electron chi connectivity index (χ1n) is 5.69. The van der Waals surface area contributed by atoms with Gasteiger partial charge in [-0.1, -0.05) is 13.0 Å². The summed E-state index contributed by atoms with van der Waals surface area (Å²) in [4.78, 5) is 14.7. The van der Waals surface area contributed by atoms with Crippen molar-refractivity contribution in [1.82, 2.24) is 0 Å². The number of hydrogen-bond donors (Lipinski definition) is 0. The van der Waals surface area contributed by atoms with Crippen LogP contribution in [0.25, 0.3) is 0 Å². The van der Waals surface area contributed by atoms with E-state index < -0.39 is 0 Å². The van der Waals surface area contributed by atoms with E-state index in [9.17, 15) is 9.18 Å². The second-order valence-electron chi connectivity index (χ2n) is 3.79. The van der Waals surface area contributed by atoms with Gasteiger partial charge in [-0.05, 0) is 36.8 Å². The van der Waals surface area contributed by atoms with E-state index in [1.807, 2.05) is 18.2 Å². The molecule has 0 fully saturated rings. The van der Waals surface area contributed by atoms with Crippen molar-refractivity contribution in [2.24, 2.45) is 0 Å². The maximum absolute atomic E-state index is 13.0. The molecule has 2 rings (SSSR count). The maximum atomic E-state index is 13.0. The lowest BCUT2D eigenvalue weighted by atomic mass is 10.3. The summed E-state index contributed by atoms with van der Waals surface area (Å²) in [7, 11) is 0. The molecule has 0 aliphatic rings. The minimum Gasteiger partial charge on any atom is -0.292 e. The Morgan fingerprint density at radius 3 is 2.83 bits per heavy atom. The van der Waals surface area contributed by atoms with E-state index in [0.717, 1.165) is 16.2 Å². The first-order valence-corrected chi connectivity index (χ1v) is 7.49. The highest BCUT2D eigenvalue weighted by Crippen LogP contribution is 2.23. The maximum Gasteiger partial charge on any atom is 0.182 e. The van der Waals surface area contributed by atoms with Crippen LogP contribution in [0.5, 0.6) is 0 Å². The summed E-state index contributed by atoms with van der Waals surface area (Å²) in [5.74, 6) is 0.193. The molecule has 0 bridgehead atoms. The van der Waals surface area contributed by atoms with Crippen LogP contribution in [0.3, 0.4) is 0 Å². The molecule has 0 N–H and O–H groups in total. The van der Waals surface area contributed by atoms with E-state index in [4.69, 9.17) is 0 Å². The molecular weight excluding hydrogens is 267 g/mol. The van der Waals surface area contributed by atoms with E-state index in [1.165, 1.54) is 28.8 Å². The predicted molar refractivity (Wildman–Crippen MR) is 75.2 cm³/mol. The Bertz CT molecular complexity index is 548. The molecule has 1 aromatic carbocycles. The van der Waals surface area contributed by atoms with Gasteiger partial charge in [-0.15, -0.1) is 23.1 Å². The van der Waals surface area contributed by atoms with Gasteiger partial charge in [-0.3, -0.25) is 4.79 Å². The smallest absolute Gasteiger partial charge is 0.182 e. The Morgan fingerprint density at radius 1 is 1.33 bits per heavy atom. The van der Waals surface area contributed by atoms with Crippen LogP contribution in [0, 0.1) is 5.82 Å². The quantitative estimate of drug-likeness (QED) is 0.595. The summed E-state index contributed by atoms with van der Waals surface area (Å²) < 4.78 is 13.0. The third kappa shape index (κ3) is 3.43. The van der Waals surface area contributed by atoms with Crippen molar-refractivity contribution in [3.05, 3.63) is 52.0 Å². The predicted octanol–water partition coefficient (Wildman–Crippen LogP) is 4.42. The number of benzene rings is 1. The van der Waals surface area contributed by atoms with E-state index in [0.29, 0.717) is 5.75 Å². The SMILES string of the molecule is CCc1ccc(C(=O)CSc2cccc(F)c2)s1. The number of ketones is 1. The standard InChI is InChI=1S/C14H13FOS2/c1-2-11-6-7-14(18-11)13(16)9-17-12-5-3-4-10(15)8-12/h3-8H,2,9H2,1H3. The monoisotopic (exact) mass is 280 g/mol. The van der Waals surface area contributed by atoms with Gasteiger partial charge < -0.3 is 0 Å². The molecule has 0 saturated heterocycles. The zero-order valence-electron chi connectivity index (χ0n) is 9.98. The second-order valence-corrected chi connectivity index (χ2v) is 6.01. The Labute approximate surface area is 114 Å². The first kappa shape index (κ1) is 13.3. The number of halogens is 1. The third-order valence-corrected chi connectivity index (χ3v) is 4.72. The van der Waals surface area contributed by atoms with Crippen molar-refractivity contribution in [2.45, 2.75) is 18.2 Å². The lowest BCUT2D eigenvalue weighted by Crippen LogP contribution is -1.99. The molecule has 0 radical (unpaired) electrons. The molecule has 0 saturated carbocycles. The lowest BCUT2D eigenvalue weighted by Gasteiger charge is -2.00. The van der Waals surface area contributed by atoms with Crippen LogP contribution in [0.1, 0.15) is 21.5 Å². The second kappa shape index (κ2) is 6.16. The molecule has 0 spiro atoms. The molecule has 0 aliphatic heterocycles. The Balaban J connectivity index is 1.96. The van der Waals surface area contributed by atoms with Gasteiger partial charge in [-0.25, -0.2) is 4.39 Å². The molecule has 0 unspecified atom stereocenters. The summed E-state index contributed by atoms with van der Waals surface area (Å²) in [6.45, 7) is 2.07. The molecule has 1 aromatic heterocycles. The summed E-state index contributed by atoms with van der Waals surface area (Å²) in [5, 5.41) is 0. The van der Waals surface area contributed by atoms with Gasteiger partial charge >= 0.3 is 0 Å². The van der Waals surface area contributed by atoms with Crippen molar-refractivity contribution in [2.75, 3.05) is 5.75 Å². The number of rotatable bonds is 5. The summed E-state index contributed by atoms with van der Waals surface area (Å²) in [6, 6.07) is 10.2. The van der Waals surface area contributed by atoms with Gasteiger partial charge in [0.1, 0.15) is 5.82 Å². The summed E-state index contributed by atoms with van der Waals surface area (Å²) in [6.07, 6.45) is 0.953. The molecule has 2 aromatic rings. The van der Waals surface area contributed by atoms with Gasteiger partial charge in [0.2, 0.25) is 0 Å². The van der Waals surface area contributed by atoms with Gasteiger partial charge in [0.25, 0.3) is 0 Å². The van der Waals surface area contributed by atoms with Crippen LogP contribution in [-0.4, -0.2) is 11.5 Å². The largest absolute Gasteiger partial charge is 0.292 e. The van der Waals surface area contributed by atoms with Crippen LogP contribution in [0.15, 0.2) is 41.3 Å². The zero-order valence-corrected chi connectivity index (χ0v) is 11.6. The molecule has 0 aliphatic carbocycles. The van der Waals surface area contributed by atoms with Gasteiger partial charge in [-0.2, -0.15) is 0 Å². The average Bonchev–Trinajstić information content (AvgIpc) is 2.85. The summed E-state index contributed by atoms with van der Waals surface area (Å²) in [5.41, 5.74) is 0. The van der Waals surface area contributed by atoms with Crippen LogP contribution >= 0.6 is 23.1 Å². The molecule has 18 heavy (non-hydrogen) atoms. The topological polar surface area (TPSA) is 17.1 Å². The van der Waals surface area contributed by atoms with Crippen LogP contribution < -0.4 is 0 Å². The fraction of sp³-hybridized carbons (Fsp3) is 0.214. The van der Waals surface area contributed by atoms with Crippen molar-refractivity contribution >= 4 is 28.9 Å². The highest BCUT2D eigenvalue weighted by molar-refractivity contribution is 8.00. The molecule has 0 amide bonds. The Kier molecular flexibility index (Phi) is 4.55. The minimum atomic E-state index is -0.267. The molecule has 4 heteroatoms. The van der Waals surface area contributed by atoms with E-state index in [1.54, 1.807) is 17.4 Å². The number of thioether (sulfide) groups is 1. The zero-order chi connectivity index (χ0) is 13.0. The van der Waals surface area contributed by atoms with Gasteiger partial charge in [0, 0.05) is 9.77 Å². The van der Waals surface area contributed by atoms with Crippen molar-refractivity contribution < 1.29 is 9.18 Å². The lowest BCUT2D eigenvalue weighted by molar-refractivity contribution is 0.102. The van der Waals surface area contributed by atoms with Crippen molar-refractivity contribution in [1.29, 1.82) is 0 Å². The van der Waals surface area contributed by atoms with Gasteiger partial charge in [0.05, 0.1) is 10.6 Å². The molecule has 1 nitrogen and oxygen atoms in total. The number of carbonyl (C=O) groups is 1. The third-order valence-electron chi connectivity index (χ3n) is 2.45. The van der Waals surface area contributed by atoms with E-state index in [2.05, 4.69) is 6.92 Å². The Hall–Kier alpha value is -1.13. The van der Waals surface area contributed by atoms with E-state index in [-0.39, 0.29) is 11.6 Å². The molecular formula is C14H13FOS2. The normalized spacial score (nSPS) is 10.6. The number of aryl methyl sites for hydroxylation is 1. The molecule has 0 atom stereocenters. The van der Waals surface area contributed by atoms with E-state index >= 15 is 0 Å². The van der Waals surface area contributed by atoms with Crippen LogP contribution in [-0.2, 0) is 6.42 Å². The average molecular weight is 280 g/mol. The first-order chi connectivity index (χ1) is 8.69. The van der Waals surface area contributed by atoms with Gasteiger partial charge in [0.15, 0.2) is 5.78 Å². The number of thiophene rings is 1. The minimum absolute atomic E-state index is 0.106. The summed E-state index contributed by atoms with van der Waals surface area (Å²) >= 11 is 2.91. The van der Waals surface area contributed by atoms with Crippen LogP contribution in [0.2, 0.25) is 0 Å². The highest BCUT2D eigenvalue weighted by atomic mass is 32.2. The fourth-order valence-corrected chi connectivity index (χ4v) is 3.29. The highest BCUT2D eigenvalue weighted by Gasteiger charge is 2.09. The molecule has 1 heterocycles. The Morgan fingerprint density at radius 2 is 2.17 bits per heavy atom. The van der Waals surface area contributed by atoms with Crippen LogP contribution in [0.4, 0.5) is 4.39 Å². The van der Waals surface area contributed by atoms with Crippen molar-refractivity contribution in [3.63, 3.8) is 0 Å². The number of hydrogen-bond acceptors (Lipinski definition) is 3. The molecule has 94 valence electrons. The van der Waals surface area contributed by atoms with Crippen molar-refractivity contribution in [3.8, 4) is 0 Å². The fourth-order valence-electron chi connectivity index (χ4n) is 1.49. The number of Topliss-reactive ketones (excluding diaryl/α,β-unsaturated/α-hetero) is 1.